The van der Waals surface area contributed by atoms with Gasteiger partial charge in [-0.2, -0.15) is 14.6 Å². The summed E-state index contributed by atoms with van der Waals surface area (Å²) in [5.74, 6) is -2.60. The van der Waals surface area contributed by atoms with Crippen molar-refractivity contribution >= 4 is 57.6 Å². The summed E-state index contributed by atoms with van der Waals surface area (Å²) < 4.78 is 7.54. The Hall–Kier alpha value is -4.49. The normalized spacial score (nSPS) is 19.1. The highest BCUT2D eigenvalue weighted by Gasteiger charge is 2.53. The number of pyridine rings is 1. The highest BCUT2D eigenvalue weighted by atomic mass is 32.2. The van der Waals surface area contributed by atoms with Crippen LogP contribution >= 0.6 is 23.3 Å². The maximum absolute atomic E-state index is 13.1. The van der Waals surface area contributed by atoms with Crippen LogP contribution in [0.4, 0.5) is 5.13 Å². The molecular formula is C22H19N9O5S2. The Morgan fingerprint density at radius 2 is 2.26 bits per heavy atom. The van der Waals surface area contributed by atoms with E-state index in [-0.39, 0.29) is 41.3 Å². The molecule has 3 aromatic rings. The largest absolute Gasteiger partial charge is 0.543 e. The lowest BCUT2D eigenvalue weighted by molar-refractivity contribution is -0.662. The molecule has 1 fully saturated rings. The Bertz CT molecular complexity index is 1570. The number of carboxylic acids is 1. The first-order chi connectivity index (χ1) is 18.3. The summed E-state index contributed by atoms with van der Waals surface area (Å²) in [6.07, 6.45) is 5.17. The van der Waals surface area contributed by atoms with Crippen LogP contribution in [0.1, 0.15) is 18.3 Å². The molecule has 0 aromatic carbocycles. The lowest BCUT2D eigenvalue weighted by Gasteiger charge is -2.50. The van der Waals surface area contributed by atoms with Gasteiger partial charge in [-0.3, -0.25) is 14.5 Å². The zero-order valence-corrected chi connectivity index (χ0v) is 21.4. The fourth-order valence-corrected chi connectivity index (χ4v) is 5.92. The molecule has 3 N–H and O–H groups in total. The van der Waals surface area contributed by atoms with Crippen LogP contribution < -0.4 is 20.7 Å². The van der Waals surface area contributed by atoms with Crippen LogP contribution in [-0.2, 0) is 25.8 Å². The van der Waals surface area contributed by atoms with Gasteiger partial charge in [-0.25, -0.2) is 8.97 Å². The molecule has 0 bridgehead atoms. The number of anilines is 1. The number of β-lactam (4-membered cyclic amide) rings is 1. The monoisotopic (exact) mass is 553 g/mol. The van der Waals surface area contributed by atoms with E-state index in [0.29, 0.717) is 11.1 Å². The van der Waals surface area contributed by atoms with E-state index in [1.807, 2.05) is 4.57 Å². The average molecular weight is 554 g/mol. The fourth-order valence-electron chi connectivity index (χ4n) is 4.15. The Morgan fingerprint density at radius 3 is 2.95 bits per heavy atom. The smallest absolute Gasteiger partial charge is 0.286 e. The number of nitrogen functional groups attached to an aromatic ring is 1. The molecule has 5 heterocycles. The highest BCUT2D eigenvalue weighted by molar-refractivity contribution is 8.00. The first kappa shape index (κ1) is 25.2. The van der Waals surface area contributed by atoms with Crippen molar-refractivity contribution in [3.63, 3.8) is 0 Å². The number of nitriles is 1. The van der Waals surface area contributed by atoms with E-state index < -0.39 is 29.2 Å². The van der Waals surface area contributed by atoms with Crippen molar-refractivity contribution in [2.75, 3.05) is 18.1 Å². The number of aliphatic carboxylic acids is 1. The number of nitrogens with two attached hydrogens (primary N) is 1. The maximum Gasteiger partial charge on any atom is 0.286 e. The van der Waals surface area contributed by atoms with Crippen molar-refractivity contribution in [2.45, 2.75) is 24.9 Å². The minimum absolute atomic E-state index is 0.0466. The number of carbonyl (C=O) groups excluding carboxylic acids is 3. The van der Waals surface area contributed by atoms with Crippen molar-refractivity contribution in [1.82, 2.24) is 24.0 Å². The molecule has 194 valence electrons. The molecule has 1 saturated heterocycles. The summed E-state index contributed by atoms with van der Waals surface area (Å²) >= 11 is 2.19. The number of aromatic nitrogens is 4. The van der Waals surface area contributed by atoms with E-state index in [1.54, 1.807) is 42.0 Å². The second-order valence-corrected chi connectivity index (χ2v) is 10.0. The Labute approximate surface area is 223 Å². The Kier molecular flexibility index (Phi) is 6.70. The first-order valence-electron chi connectivity index (χ1n) is 11.2. The molecular weight excluding hydrogens is 534 g/mol. The van der Waals surface area contributed by atoms with Gasteiger partial charge in [0.15, 0.2) is 5.13 Å². The molecule has 3 aromatic heterocycles. The number of nitrogens with one attached hydrogen (secondary N) is 1. The second-order valence-electron chi connectivity index (χ2n) is 8.14. The first-order valence-corrected chi connectivity index (χ1v) is 13.0. The van der Waals surface area contributed by atoms with Gasteiger partial charge in [-0.05, 0) is 13.0 Å². The lowest BCUT2D eigenvalue weighted by atomic mass is 10.0. The van der Waals surface area contributed by atoms with Gasteiger partial charge >= 0.3 is 0 Å². The van der Waals surface area contributed by atoms with Crippen molar-refractivity contribution in [1.29, 1.82) is 5.26 Å². The number of hydrogen-bond donors (Lipinski definition) is 2. The summed E-state index contributed by atoms with van der Waals surface area (Å²) in [6, 6.07) is 4.49. The van der Waals surface area contributed by atoms with Crippen LogP contribution in [-0.4, -0.2) is 65.9 Å². The van der Waals surface area contributed by atoms with E-state index in [9.17, 15) is 19.5 Å². The van der Waals surface area contributed by atoms with Gasteiger partial charge in [0.1, 0.15) is 49.2 Å². The molecule has 38 heavy (non-hydrogen) atoms. The molecule has 2 atom stereocenters. The van der Waals surface area contributed by atoms with Gasteiger partial charge < -0.3 is 25.8 Å². The van der Waals surface area contributed by atoms with Gasteiger partial charge in [0, 0.05) is 28.9 Å². The predicted octanol–water partition coefficient (Wildman–Crippen LogP) is -1.62. The number of fused-ring (bicyclic) bond motifs is 2. The van der Waals surface area contributed by atoms with Gasteiger partial charge in [0.2, 0.25) is 11.5 Å². The van der Waals surface area contributed by atoms with Crippen LogP contribution in [0.15, 0.2) is 47.1 Å². The quantitative estimate of drug-likeness (QED) is 0.142. The number of thioether (sulfide) groups is 1. The molecule has 5 rings (SSSR count). The minimum Gasteiger partial charge on any atom is -0.543 e. The molecule has 0 aliphatic carbocycles. The molecule has 0 saturated carbocycles. The third-order valence-corrected chi connectivity index (χ3v) is 7.71. The molecule has 0 radical (unpaired) electrons. The van der Waals surface area contributed by atoms with E-state index in [4.69, 9.17) is 15.8 Å². The number of rotatable bonds is 8. The summed E-state index contributed by atoms with van der Waals surface area (Å²) in [5, 5.41) is 27.1. The number of nitrogens with zero attached hydrogens (tertiary/aromatic N) is 7. The van der Waals surface area contributed by atoms with E-state index in [0.717, 1.165) is 22.1 Å². The molecule has 0 unspecified atom stereocenters. The number of oxime groups is 1. The van der Waals surface area contributed by atoms with Crippen LogP contribution in [0.5, 0.6) is 0 Å². The molecule has 0 spiro atoms. The minimum atomic E-state index is -1.49. The Balaban J connectivity index is 1.37. The van der Waals surface area contributed by atoms with Crippen LogP contribution in [0.25, 0.3) is 5.65 Å². The fraction of sp³-hybridized carbons (Fsp3) is 0.273. The third kappa shape index (κ3) is 4.41. The van der Waals surface area contributed by atoms with E-state index in [1.165, 1.54) is 11.8 Å². The SMILES string of the molecule is CCO/N=C(\C(=O)N[C@@H]1C(=O)N2C(C(=O)[O-])=C(C[n+]3ccn4cc(C#N)ccc43)CS[C@H]12)c1nsc(N)n1. The molecule has 2 amide bonds. The lowest BCUT2D eigenvalue weighted by Crippen LogP contribution is -2.71. The van der Waals surface area contributed by atoms with Crippen LogP contribution in [0.2, 0.25) is 0 Å². The van der Waals surface area contributed by atoms with Crippen molar-refractivity contribution in [3.05, 3.63) is 53.4 Å². The van der Waals surface area contributed by atoms with Gasteiger partial charge in [0.25, 0.3) is 17.5 Å². The number of carbonyl (C=O) groups is 3. The average Bonchev–Trinajstić information content (AvgIpc) is 3.52. The maximum atomic E-state index is 13.1. The topological polar surface area (TPSA) is 195 Å². The molecule has 16 heteroatoms. The van der Waals surface area contributed by atoms with E-state index in [2.05, 4.69) is 25.9 Å². The van der Waals surface area contributed by atoms with Crippen LogP contribution in [0, 0.1) is 11.3 Å². The van der Waals surface area contributed by atoms with Crippen molar-refractivity contribution < 1.29 is 28.9 Å². The standard InChI is InChI=1S/C22H19N9O5S2/c1-2-36-27-14(17-26-22(24)38-28-17)18(32)25-15-19(33)31-16(21(34)35)12(10-37-20(15)31)9-30-6-5-29-8-11(7-23)3-4-13(29)30/h3-6,8,15,20H,2,9-10H2,1H3,(H3-,24,25,26,28,32,34,35)/b27-14-/t15-,20-/m1/s1. The second kappa shape index (κ2) is 10.1. The summed E-state index contributed by atoms with van der Waals surface area (Å²) in [5.41, 5.74) is 6.84. The number of imidazole rings is 1. The number of amides is 2. The summed E-state index contributed by atoms with van der Waals surface area (Å²) in [6.45, 7) is 2.05. The highest BCUT2D eigenvalue weighted by Crippen LogP contribution is 2.40. The van der Waals surface area contributed by atoms with Gasteiger partial charge in [-0.1, -0.05) is 5.16 Å². The van der Waals surface area contributed by atoms with Gasteiger partial charge in [0.05, 0.1) is 17.2 Å². The number of hydrogen-bond acceptors (Lipinski definition) is 12. The Morgan fingerprint density at radius 1 is 1.45 bits per heavy atom. The zero-order valence-electron chi connectivity index (χ0n) is 19.7. The zero-order chi connectivity index (χ0) is 27.0. The van der Waals surface area contributed by atoms with Crippen LogP contribution in [0.3, 0.4) is 0 Å². The predicted molar refractivity (Wildman–Crippen MR) is 132 cm³/mol. The van der Waals surface area contributed by atoms with Crippen molar-refractivity contribution in [2.24, 2.45) is 5.16 Å². The molecule has 14 nitrogen and oxygen atoms in total. The van der Waals surface area contributed by atoms with Crippen molar-refractivity contribution in [3.8, 4) is 6.07 Å². The number of carboxylic acid groups (broad SMARTS) is 1. The molecule has 2 aliphatic heterocycles. The van der Waals surface area contributed by atoms with E-state index >= 15 is 0 Å². The summed E-state index contributed by atoms with van der Waals surface area (Å²) in [7, 11) is 0. The summed E-state index contributed by atoms with van der Waals surface area (Å²) in [4.78, 5) is 48.3. The van der Waals surface area contributed by atoms with Gasteiger partial charge in [-0.15, -0.1) is 11.8 Å². The molecule has 2 aliphatic rings. The third-order valence-electron chi connectivity index (χ3n) is 5.83.